The maximum atomic E-state index is 10.6. The number of H-pyrrole nitrogens is 1. The second-order valence-electron chi connectivity index (χ2n) is 8.72. The number of carboxylic acid groups (broad SMARTS) is 2. The zero-order valence-electron chi connectivity index (χ0n) is 21.4. The highest BCUT2D eigenvalue weighted by atomic mass is 19.4. The SMILES string of the molecule is CC(C)N[C@H]1CCN(c2ncc(-c3ccc(-c4cn[nH]c4)cc3O)nn2)C1.O=C(O)C(F)(F)F.O=C(O)C(F)(F)F. The van der Waals surface area contributed by atoms with Gasteiger partial charge in [0.25, 0.3) is 0 Å². The second-order valence-corrected chi connectivity index (χ2v) is 8.72. The minimum absolute atomic E-state index is 0.139. The van der Waals surface area contributed by atoms with Gasteiger partial charge < -0.3 is 25.5 Å². The number of phenols is 1. The molecule has 0 saturated carbocycles. The van der Waals surface area contributed by atoms with Crippen LogP contribution < -0.4 is 10.2 Å². The van der Waals surface area contributed by atoms with Crippen LogP contribution in [0.2, 0.25) is 0 Å². The van der Waals surface area contributed by atoms with Crippen LogP contribution in [0.15, 0.2) is 36.8 Å². The van der Waals surface area contributed by atoms with E-state index < -0.39 is 24.3 Å². The molecule has 0 amide bonds. The Kier molecular flexibility index (Phi) is 11.0. The summed E-state index contributed by atoms with van der Waals surface area (Å²) in [6, 6.07) is 6.34. The van der Waals surface area contributed by atoms with Crippen LogP contribution in [0, 0.1) is 0 Å². The number of aromatic hydroxyl groups is 1. The van der Waals surface area contributed by atoms with E-state index >= 15 is 0 Å². The molecule has 0 radical (unpaired) electrons. The summed E-state index contributed by atoms with van der Waals surface area (Å²) in [5.41, 5.74) is 2.94. The van der Waals surface area contributed by atoms with Gasteiger partial charge in [0, 0.05) is 42.5 Å². The quantitative estimate of drug-likeness (QED) is 0.274. The van der Waals surface area contributed by atoms with Gasteiger partial charge in [0.2, 0.25) is 5.95 Å². The molecule has 18 heteroatoms. The maximum absolute atomic E-state index is 10.6. The molecule has 1 aromatic carbocycles. The number of aliphatic carboxylic acids is 2. The maximum Gasteiger partial charge on any atom is 0.490 e. The Morgan fingerprint density at radius 1 is 1.02 bits per heavy atom. The largest absolute Gasteiger partial charge is 0.507 e. The summed E-state index contributed by atoms with van der Waals surface area (Å²) in [4.78, 5) is 24.4. The fraction of sp³-hybridized carbons (Fsp3) is 0.391. The zero-order valence-corrected chi connectivity index (χ0v) is 21.4. The van der Waals surface area contributed by atoms with Crippen molar-refractivity contribution >= 4 is 17.9 Å². The van der Waals surface area contributed by atoms with Crippen molar-refractivity contribution in [2.24, 2.45) is 0 Å². The van der Waals surface area contributed by atoms with Crippen LogP contribution >= 0.6 is 0 Å². The monoisotopic (exact) mass is 593 g/mol. The van der Waals surface area contributed by atoms with Crippen LogP contribution in [0.25, 0.3) is 22.4 Å². The molecule has 0 spiro atoms. The Balaban J connectivity index is 0.000000349. The minimum atomic E-state index is -5.08. The molecular weight excluding hydrogens is 568 g/mol. The second kappa shape index (κ2) is 13.7. The molecule has 3 aromatic rings. The summed E-state index contributed by atoms with van der Waals surface area (Å²) in [5.74, 6) is -4.75. The van der Waals surface area contributed by atoms with E-state index in [2.05, 4.69) is 49.4 Å². The van der Waals surface area contributed by atoms with Crippen LogP contribution in [0.5, 0.6) is 5.75 Å². The summed E-state index contributed by atoms with van der Waals surface area (Å²) >= 11 is 0. The van der Waals surface area contributed by atoms with Gasteiger partial charge in [0.05, 0.1) is 12.4 Å². The third kappa shape index (κ3) is 10.2. The van der Waals surface area contributed by atoms with Crippen molar-refractivity contribution in [3.63, 3.8) is 0 Å². The number of rotatable bonds is 5. The number of aromatic amines is 1. The van der Waals surface area contributed by atoms with E-state index in [4.69, 9.17) is 19.8 Å². The van der Waals surface area contributed by atoms with Crippen molar-refractivity contribution in [3.8, 4) is 28.1 Å². The first-order chi connectivity index (χ1) is 19.0. The standard InChI is InChI=1S/C19H23N7O.2C2HF3O2/c1-12(2)23-15-5-6-26(11-15)19-20-10-17(24-25-19)16-4-3-13(7-18(16)27)14-8-21-22-9-14;2*3-2(4,5)1(6)7/h3-4,7-10,12,15,23,27H,5-6,11H2,1-2H3,(H,21,22);2*(H,6,7)/t15-;;/m0../s1. The Bertz CT molecular complexity index is 1260. The van der Waals surface area contributed by atoms with Gasteiger partial charge in [-0.2, -0.15) is 31.4 Å². The highest BCUT2D eigenvalue weighted by Crippen LogP contribution is 2.32. The number of hydrogen-bond donors (Lipinski definition) is 5. The number of phenolic OH excluding ortho intramolecular Hbond substituents is 1. The summed E-state index contributed by atoms with van der Waals surface area (Å²) in [6.45, 7) is 6.10. The molecule has 1 aliphatic heterocycles. The van der Waals surface area contributed by atoms with Gasteiger partial charge >= 0.3 is 24.3 Å². The fourth-order valence-electron chi connectivity index (χ4n) is 3.42. The summed E-state index contributed by atoms with van der Waals surface area (Å²) in [5, 5.41) is 43.4. The summed E-state index contributed by atoms with van der Waals surface area (Å²) in [6.07, 6.45) is -3.94. The van der Waals surface area contributed by atoms with E-state index in [0.29, 0.717) is 29.3 Å². The highest BCUT2D eigenvalue weighted by molar-refractivity contribution is 5.74. The average molecular weight is 593 g/mol. The van der Waals surface area contributed by atoms with Crippen molar-refractivity contribution in [2.75, 3.05) is 18.0 Å². The number of carbonyl (C=O) groups is 2. The van der Waals surface area contributed by atoms with Gasteiger partial charge in [-0.05, 0) is 24.1 Å². The molecule has 0 unspecified atom stereocenters. The van der Waals surface area contributed by atoms with E-state index in [1.54, 1.807) is 24.7 Å². The Morgan fingerprint density at radius 2 is 1.63 bits per heavy atom. The third-order valence-electron chi connectivity index (χ3n) is 5.18. The predicted octanol–water partition coefficient (Wildman–Crippen LogP) is 3.48. The molecule has 1 aliphatic rings. The van der Waals surface area contributed by atoms with Gasteiger partial charge in [0.1, 0.15) is 11.4 Å². The molecule has 224 valence electrons. The summed E-state index contributed by atoms with van der Waals surface area (Å²) < 4.78 is 63.5. The molecule has 5 N–H and O–H groups in total. The van der Waals surface area contributed by atoms with E-state index in [9.17, 15) is 31.4 Å². The number of hydrogen-bond acceptors (Lipinski definition) is 9. The number of carboxylic acids is 2. The van der Waals surface area contributed by atoms with Crippen LogP contribution in [0.3, 0.4) is 0 Å². The number of aromatic nitrogens is 5. The lowest BCUT2D eigenvalue weighted by atomic mass is 10.0. The molecule has 4 rings (SSSR count). The van der Waals surface area contributed by atoms with E-state index in [1.165, 1.54) is 0 Å². The van der Waals surface area contributed by atoms with Crippen molar-refractivity contribution in [2.45, 2.75) is 44.7 Å². The van der Waals surface area contributed by atoms with Crippen LogP contribution in [-0.2, 0) is 9.59 Å². The Hall–Kier alpha value is -4.48. The Labute approximate surface area is 228 Å². The van der Waals surface area contributed by atoms with Crippen LogP contribution in [-0.4, -0.2) is 90.2 Å². The van der Waals surface area contributed by atoms with Crippen molar-refractivity contribution in [3.05, 3.63) is 36.8 Å². The molecule has 2 aromatic heterocycles. The number of benzene rings is 1. The molecular formula is C23H25F6N7O5. The first-order valence-electron chi connectivity index (χ1n) is 11.6. The molecule has 0 aliphatic carbocycles. The number of nitrogens with zero attached hydrogens (tertiary/aromatic N) is 5. The van der Waals surface area contributed by atoms with Crippen molar-refractivity contribution < 1.29 is 51.3 Å². The van der Waals surface area contributed by atoms with Crippen LogP contribution in [0.1, 0.15) is 20.3 Å². The van der Waals surface area contributed by atoms with E-state index in [1.807, 2.05) is 12.1 Å². The van der Waals surface area contributed by atoms with Crippen molar-refractivity contribution in [1.29, 1.82) is 0 Å². The normalized spacial score (nSPS) is 15.0. The number of anilines is 1. The van der Waals surface area contributed by atoms with E-state index in [0.717, 1.165) is 30.6 Å². The first-order valence-corrected chi connectivity index (χ1v) is 11.6. The van der Waals surface area contributed by atoms with Crippen molar-refractivity contribution in [1.82, 2.24) is 30.7 Å². The zero-order chi connectivity index (χ0) is 31.0. The minimum Gasteiger partial charge on any atom is -0.507 e. The smallest absolute Gasteiger partial charge is 0.490 e. The Morgan fingerprint density at radius 3 is 2.07 bits per heavy atom. The molecule has 3 heterocycles. The molecule has 1 atom stereocenters. The van der Waals surface area contributed by atoms with Gasteiger partial charge in [0.15, 0.2) is 0 Å². The number of halogens is 6. The van der Waals surface area contributed by atoms with Crippen LogP contribution in [0.4, 0.5) is 32.3 Å². The summed E-state index contributed by atoms with van der Waals surface area (Å²) in [7, 11) is 0. The van der Waals surface area contributed by atoms with Gasteiger partial charge in [-0.1, -0.05) is 19.9 Å². The number of alkyl halides is 6. The predicted molar refractivity (Wildman–Crippen MR) is 131 cm³/mol. The van der Waals surface area contributed by atoms with Gasteiger partial charge in [-0.3, -0.25) is 5.10 Å². The first kappa shape index (κ1) is 32.7. The molecule has 1 fully saturated rings. The van der Waals surface area contributed by atoms with Gasteiger partial charge in [-0.25, -0.2) is 14.6 Å². The lowest BCUT2D eigenvalue weighted by Crippen LogP contribution is -2.37. The number of nitrogens with one attached hydrogen (secondary N) is 2. The fourth-order valence-corrected chi connectivity index (χ4v) is 3.42. The molecule has 41 heavy (non-hydrogen) atoms. The third-order valence-corrected chi connectivity index (χ3v) is 5.18. The van der Waals surface area contributed by atoms with E-state index in [-0.39, 0.29) is 5.75 Å². The molecule has 12 nitrogen and oxygen atoms in total. The van der Waals surface area contributed by atoms with Gasteiger partial charge in [-0.15, -0.1) is 10.2 Å². The molecule has 1 saturated heterocycles. The lowest BCUT2D eigenvalue weighted by Gasteiger charge is -2.18. The topological polar surface area (TPSA) is 177 Å². The molecule has 0 bridgehead atoms. The highest BCUT2D eigenvalue weighted by Gasteiger charge is 2.38. The average Bonchev–Trinajstić information content (AvgIpc) is 3.56. The lowest BCUT2D eigenvalue weighted by molar-refractivity contribution is -0.193.